The summed E-state index contributed by atoms with van der Waals surface area (Å²) in [5.74, 6) is -0.145. The van der Waals surface area contributed by atoms with Gasteiger partial charge in [-0.3, -0.25) is 4.89 Å². The van der Waals surface area contributed by atoms with Crippen molar-refractivity contribution in [1.82, 2.24) is 0 Å². The first-order valence-corrected chi connectivity index (χ1v) is 9.04. The largest absolute Gasteiger partial charge is 0.424 e. The lowest BCUT2D eigenvalue weighted by molar-refractivity contribution is -0.574. The lowest BCUT2D eigenvalue weighted by Gasteiger charge is -2.44. The first kappa shape index (κ1) is 24.3. The maximum atomic E-state index is 10.6. The smallest absolute Gasteiger partial charge is 0.365 e. The Kier molecular flexibility index (Phi) is 8.69. The topological polar surface area (TPSA) is 195 Å². The molecule has 2 fully saturated rings. The Morgan fingerprint density at radius 1 is 0.966 bits per heavy atom. The van der Waals surface area contributed by atoms with Crippen molar-refractivity contribution >= 4 is 5.90 Å². The van der Waals surface area contributed by atoms with E-state index in [1.54, 1.807) is 14.2 Å². The van der Waals surface area contributed by atoms with Crippen LogP contribution in [0.3, 0.4) is 0 Å². The third kappa shape index (κ3) is 5.59. The van der Waals surface area contributed by atoms with Gasteiger partial charge < -0.3 is 49.2 Å². The van der Waals surface area contributed by atoms with Gasteiger partial charge in [-0.15, -0.1) is 0 Å². The fourth-order valence-corrected chi connectivity index (χ4v) is 3.32. The van der Waals surface area contributed by atoms with Gasteiger partial charge in [-0.25, -0.2) is 4.99 Å². The lowest BCUT2D eigenvalue weighted by Crippen LogP contribution is -2.89. The van der Waals surface area contributed by atoms with E-state index >= 15 is 0 Å². The van der Waals surface area contributed by atoms with Crippen LogP contribution in [0.1, 0.15) is 6.92 Å². The summed E-state index contributed by atoms with van der Waals surface area (Å²) in [4.78, 5) is 6.48. The van der Waals surface area contributed by atoms with E-state index in [9.17, 15) is 30.6 Å². The van der Waals surface area contributed by atoms with Crippen molar-refractivity contribution < 1.29 is 64.4 Å². The van der Waals surface area contributed by atoms with Crippen molar-refractivity contribution in [1.29, 1.82) is 0 Å². The van der Waals surface area contributed by atoms with Crippen LogP contribution in [0.15, 0.2) is 0 Å². The van der Waals surface area contributed by atoms with Crippen LogP contribution >= 0.6 is 0 Å². The second-order valence-corrected chi connectivity index (χ2v) is 7.32. The van der Waals surface area contributed by atoms with E-state index < -0.39 is 68.0 Å². The van der Waals surface area contributed by atoms with E-state index in [1.807, 2.05) is 0 Å². The summed E-state index contributed by atoms with van der Waals surface area (Å²) in [7, 11) is 3.28. The average molecular weight is 429 g/mol. The Labute approximate surface area is 166 Å². The number of nitrogens with one attached hydrogen (secondary N) is 1. The first-order chi connectivity index (χ1) is 13.6. The third-order valence-electron chi connectivity index (χ3n) is 4.84. The van der Waals surface area contributed by atoms with Crippen LogP contribution in [-0.2, 0) is 23.5 Å². The van der Waals surface area contributed by atoms with E-state index in [2.05, 4.69) is 14.2 Å². The Morgan fingerprint density at radius 3 is 2.17 bits per heavy atom. The molecule has 29 heavy (non-hydrogen) atoms. The highest BCUT2D eigenvalue weighted by Crippen LogP contribution is 2.28. The molecule has 0 bridgehead atoms. The molecule has 2 heterocycles. The molecule has 13 nitrogen and oxygen atoms in total. The van der Waals surface area contributed by atoms with Crippen molar-refractivity contribution in [3.8, 4) is 0 Å². The molecular weight excluding hydrogens is 398 g/mol. The second-order valence-electron chi connectivity index (χ2n) is 7.32. The maximum absolute atomic E-state index is 10.6. The minimum atomic E-state index is -1.66. The average Bonchev–Trinajstić information content (AvgIpc) is 2.67. The van der Waals surface area contributed by atoms with Crippen LogP contribution in [0, 0.1) is 0 Å². The monoisotopic (exact) mass is 429 g/mol. The van der Waals surface area contributed by atoms with Gasteiger partial charge in [-0.05, 0) is 0 Å². The highest BCUT2D eigenvalue weighted by molar-refractivity contribution is 5.65. The predicted octanol–water partition coefficient (Wildman–Crippen LogP) is -5.58. The van der Waals surface area contributed by atoms with E-state index in [0.29, 0.717) is 0 Å². The quantitative estimate of drug-likeness (QED) is 0.0659. The molecule has 2 aliphatic heterocycles. The van der Waals surface area contributed by atoms with Gasteiger partial charge in [-0.2, -0.15) is 5.26 Å². The molecule has 0 saturated carbocycles. The van der Waals surface area contributed by atoms with Crippen molar-refractivity contribution in [2.45, 2.75) is 68.3 Å². The van der Waals surface area contributed by atoms with E-state index in [-0.39, 0.29) is 12.5 Å². The summed E-state index contributed by atoms with van der Waals surface area (Å²) in [5.41, 5.74) is 0. The fraction of sp³-hybridized carbons (Fsp3) is 0.938. The SMILES string of the molecule is CC(=[NH+][C@@H]1[C@@H](O)[C@H](O[C@@H]2O[C@H](C[O+](C)C)[C@H](O)[C@H](O)[C@H]2O)[C@@H](CO)O[C@H]1O)OO. The molecule has 0 aromatic heterocycles. The third-order valence-corrected chi connectivity index (χ3v) is 4.84. The summed E-state index contributed by atoms with van der Waals surface area (Å²) >= 11 is 0. The molecule has 13 heteroatoms. The molecule has 0 aliphatic carbocycles. The highest BCUT2D eigenvalue weighted by Gasteiger charge is 2.53. The molecule has 2 aliphatic rings. The number of aliphatic hydroxyl groups excluding tert-OH is 6. The van der Waals surface area contributed by atoms with E-state index in [4.69, 9.17) is 19.5 Å². The number of aliphatic hydroxyl groups is 6. The van der Waals surface area contributed by atoms with Gasteiger partial charge in [0.05, 0.1) is 13.5 Å². The normalized spacial score (nSPS) is 44.2. The van der Waals surface area contributed by atoms with Crippen LogP contribution < -0.4 is 4.99 Å². The highest BCUT2D eigenvalue weighted by atomic mass is 17.1. The van der Waals surface area contributed by atoms with Crippen molar-refractivity contribution in [3.63, 3.8) is 0 Å². The zero-order chi connectivity index (χ0) is 21.9. The summed E-state index contributed by atoms with van der Waals surface area (Å²) < 4.78 is 18.9. The molecule has 170 valence electrons. The van der Waals surface area contributed by atoms with Crippen LogP contribution in [0.5, 0.6) is 0 Å². The summed E-state index contributed by atoms with van der Waals surface area (Å²) in [6, 6.07) is -1.22. The van der Waals surface area contributed by atoms with Gasteiger partial charge in [0.2, 0.25) is 12.3 Å². The van der Waals surface area contributed by atoms with Crippen molar-refractivity contribution in [2.75, 3.05) is 27.4 Å². The summed E-state index contributed by atoms with van der Waals surface area (Å²) in [6.45, 7) is 0.807. The molecule has 0 aromatic carbocycles. The number of hydrogen-bond donors (Lipinski definition) is 8. The minimum Gasteiger partial charge on any atom is -0.424 e. The molecule has 0 unspecified atom stereocenters. The number of ether oxygens (including phenoxy) is 3. The molecule has 0 radical (unpaired) electrons. The van der Waals surface area contributed by atoms with Crippen molar-refractivity contribution in [3.05, 3.63) is 0 Å². The number of rotatable bonds is 6. The molecular formula is C16H31NO12+2. The summed E-state index contributed by atoms with van der Waals surface area (Å²) in [5, 5.41) is 69.4. The Balaban J connectivity index is 2.21. The summed E-state index contributed by atoms with van der Waals surface area (Å²) in [6.07, 6.45) is -12.7. The molecule has 0 aromatic rings. The maximum Gasteiger partial charge on any atom is 0.365 e. The van der Waals surface area contributed by atoms with Crippen molar-refractivity contribution in [2.24, 2.45) is 0 Å². The lowest BCUT2D eigenvalue weighted by atomic mass is 9.96. The zero-order valence-corrected chi connectivity index (χ0v) is 16.4. The van der Waals surface area contributed by atoms with Crippen LogP contribution in [0.4, 0.5) is 0 Å². The first-order valence-electron chi connectivity index (χ1n) is 9.04. The molecule has 8 N–H and O–H groups in total. The minimum absolute atomic E-state index is 0.128. The molecule has 0 spiro atoms. The predicted molar refractivity (Wildman–Crippen MR) is 92.5 cm³/mol. The fourth-order valence-electron chi connectivity index (χ4n) is 3.32. The molecule has 2 rings (SSSR count). The Morgan fingerprint density at radius 2 is 1.62 bits per heavy atom. The molecule has 2 saturated heterocycles. The standard InChI is InChI=1S/C16H29NO12/c1-6(28-24)17-9-11(20)14(7(4-18)25-15(9)23)27-16-13(22)12(21)10(19)8(26-16)5-29(2)3/h7-16,18-23H,4-5H2,1-3H3/p+2/t7-,8-,9-,10+,11-,12+,13-,14-,15-,16+/m1/s1. The van der Waals surface area contributed by atoms with Crippen LogP contribution in [-0.4, -0.2) is 131 Å². The van der Waals surface area contributed by atoms with E-state index in [0.717, 1.165) is 0 Å². The van der Waals surface area contributed by atoms with Crippen LogP contribution in [0.2, 0.25) is 0 Å². The second kappa shape index (κ2) is 10.4. The van der Waals surface area contributed by atoms with Gasteiger partial charge in [0, 0.05) is 0 Å². The van der Waals surface area contributed by atoms with Gasteiger partial charge >= 0.3 is 5.90 Å². The van der Waals surface area contributed by atoms with Gasteiger partial charge in [0.15, 0.2) is 19.0 Å². The Hall–Kier alpha value is -0.970. The van der Waals surface area contributed by atoms with Gasteiger partial charge in [0.1, 0.15) is 50.8 Å². The molecule has 10 atom stereocenters. The van der Waals surface area contributed by atoms with Gasteiger partial charge in [0.25, 0.3) is 0 Å². The number of hydrogen-bond acceptors (Lipinski definition) is 11. The molecule has 0 amide bonds. The van der Waals surface area contributed by atoms with E-state index in [1.165, 1.54) is 6.92 Å². The Bertz CT molecular complexity index is 548. The van der Waals surface area contributed by atoms with Gasteiger partial charge in [-0.1, -0.05) is 0 Å². The van der Waals surface area contributed by atoms with Crippen LogP contribution in [0.25, 0.3) is 0 Å². The zero-order valence-electron chi connectivity index (χ0n) is 16.4.